The van der Waals surface area contributed by atoms with Crippen molar-refractivity contribution in [3.05, 3.63) is 18.2 Å². The zero-order valence-corrected chi connectivity index (χ0v) is 11.0. The topological polar surface area (TPSA) is 53.6 Å². The van der Waals surface area contributed by atoms with Gasteiger partial charge in [-0.1, -0.05) is 13.8 Å². The Hall–Kier alpha value is -1.34. The van der Waals surface area contributed by atoms with E-state index in [4.69, 9.17) is 0 Å². The molecule has 0 aromatic carbocycles. The SMILES string of the molecule is CCCc1nccn1CCC(C)(C#N)NCC. The Bertz CT molecular complexity index is 377. The lowest BCUT2D eigenvalue weighted by Crippen LogP contribution is -2.41. The number of rotatable bonds is 7. The summed E-state index contributed by atoms with van der Waals surface area (Å²) in [7, 11) is 0. The highest BCUT2D eigenvalue weighted by atomic mass is 15.1. The van der Waals surface area contributed by atoms with Gasteiger partial charge in [0.25, 0.3) is 0 Å². The average molecular weight is 234 g/mol. The van der Waals surface area contributed by atoms with Crippen molar-refractivity contribution in [1.29, 1.82) is 5.26 Å². The Morgan fingerprint density at radius 1 is 1.53 bits per heavy atom. The summed E-state index contributed by atoms with van der Waals surface area (Å²) in [5, 5.41) is 12.4. The van der Waals surface area contributed by atoms with Crippen LogP contribution in [0.4, 0.5) is 0 Å². The zero-order valence-electron chi connectivity index (χ0n) is 11.0. The van der Waals surface area contributed by atoms with Crippen LogP contribution in [0.5, 0.6) is 0 Å². The van der Waals surface area contributed by atoms with E-state index in [1.165, 1.54) is 0 Å². The van der Waals surface area contributed by atoms with E-state index in [0.29, 0.717) is 0 Å². The van der Waals surface area contributed by atoms with E-state index in [-0.39, 0.29) is 0 Å². The van der Waals surface area contributed by atoms with Crippen molar-refractivity contribution in [3.63, 3.8) is 0 Å². The lowest BCUT2D eigenvalue weighted by atomic mass is 10.00. The Labute approximate surface area is 104 Å². The normalized spacial score (nSPS) is 14.2. The molecule has 0 bridgehead atoms. The molecule has 1 heterocycles. The van der Waals surface area contributed by atoms with Crippen LogP contribution in [-0.4, -0.2) is 21.6 Å². The van der Waals surface area contributed by atoms with Crippen LogP contribution in [0, 0.1) is 11.3 Å². The van der Waals surface area contributed by atoms with Crippen LogP contribution in [0.2, 0.25) is 0 Å². The lowest BCUT2D eigenvalue weighted by molar-refractivity contribution is 0.397. The minimum Gasteiger partial charge on any atom is -0.335 e. The van der Waals surface area contributed by atoms with Gasteiger partial charge in [0, 0.05) is 25.4 Å². The summed E-state index contributed by atoms with van der Waals surface area (Å²) in [6.07, 6.45) is 6.72. The first-order chi connectivity index (χ1) is 8.15. The molecule has 4 nitrogen and oxygen atoms in total. The maximum Gasteiger partial charge on any atom is 0.108 e. The van der Waals surface area contributed by atoms with Crippen LogP contribution in [0.15, 0.2) is 12.4 Å². The van der Waals surface area contributed by atoms with Gasteiger partial charge in [-0.15, -0.1) is 0 Å². The molecule has 0 radical (unpaired) electrons. The molecule has 1 atom stereocenters. The quantitative estimate of drug-likeness (QED) is 0.786. The highest BCUT2D eigenvalue weighted by Gasteiger charge is 2.22. The number of hydrogen-bond acceptors (Lipinski definition) is 3. The van der Waals surface area contributed by atoms with E-state index in [1.807, 2.05) is 26.2 Å². The molecule has 0 amide bonds. The first-order valence-corrected chi connectivity index (χ1v) is 6.31. The molecule has 1 unspecified atom stereocenters. The Kier molecular flexibility index (Phi) is 5.17. The number of hydrogen-bond donors (Lipinski definition) is 1. The second-order valence-corrected chi connectivity index (χ2v) is 4.51. The summed E-state index contributed by atoms with van der Waals surface area (Å²) < 4.78 is 2.15. The lowest BCUT2D eigenvalue weighted by Gasteiger charge is -2.23. The molecule has 1 rings (SSSR count). The van der Waals surface area contributed by atoms with Crippen molar-refractivity contribution in [2.24, 2.45) is 0 Å². The van der Waals surface area contributed by atoms with Crippen LogP contribution < -0.4 is 5.32 Å². The van der Waals surface area contributed by atoms with Crippen molar-refractivity contribution in [2.45, 2.75) is 52.1 Å². The highest BCUT2D eigenvalue weighted by molar-refractivity contribution is 5.04. The van der Waals surface area contributed by atoms with E-state index in [9.17, 15) is 5.26 Å². The third-order valence-electron chi connectivity index (χ3n) is 2.94. The fraction of sp³-hybridized carbons (Fsp3) is 0.692. The zero-order chi connectivity index (χ0) is 12.7. The van der Waals surface area contributed by atoms with Gasteiger partial charge in [-0.25, -0.2) is 4.98 Å². The van der Waals surface area contributed by atoms with E-state index >= 15 is 0 Å². The summed E-state index contributed by atoms with van der Waals surface area (Å²) >= 11 is 0. The fourth-order valence-electron chi connectivity index (χ4n) is 1.91. The molecule has 0 aliphatic carbocycles. The van der Waals surface area contributed by atoms with E-state index in [1.54, 1.807) is 0 Å². The summed E-state index contributed by atoms with van der Waals surface area (Å²) in [5.74, 6) is 1.12. The van der Waals surface area contributed by atoms with Crippen molar-refractivity contribution in [2.75, 3.05) is 6.54 Å². The summed E-state index contributed by atoms with van der Waals surface area (Å²) in [6, 6.07) is 2.35. The Balaban J connectivity index is 2.60. The van der Waals surface area contributed by atoms with E-state index in [2.05, 4.69) is 27.9 Å². The van der Waals surface area contributed by atoms with Gasteiger partial charge >= 0.3 is 0 Å². The standard InChI is InChI=1S/C13H22N4/c1-4-6-12-15-8-10-17(12)9-7-13(3,11-14)16-5-2/h8,10,16H,4-7,9H2,1-3H3. The summed E-state index contributed by atoms with van der Waals surface area (Å²) in [4.78, 5) is 4.34. The molecule has 1 aromatic rings. The molecule has 94 valence electrons. The van der Waals surface area contributed by atoms with Gasteiger partial charge in [0.1, 0.15) is 11.4 Å². The molecule has 0 fully saturated rings. The van der Waals surface area contributed by atoms with Crippen molar-refractivity contribution in [1.82, 2.24) is 14.9 Å². The van der Waals surface area contributed by atoms with Crippen molar-refractivity contribution >= 4 is 0 Å². The second-order valence-electron chi connectivity index (χ2n) is 4.51. The first-order valence-electron chi connectivity index (χ1n) is 6.31. The predicted octanol–water partition coefficient (Wildman–Crippen LogP) is 2.12. The molecular formula is C13H22N4. The molecule has 0 aliphatic heterocycles. The largest absolute Gasteiger partial charge is 0.335 e. The molecule has 1 N–H and O–H groups in total. The maximum atomic E-state index is 9.18. The number of imidazole rings is 1. The number of nitrogens with one attached hydrogen (secondary N) is 1. The van der Waals surface area contributed by atoms with Gasteiger partial charge in [0.15, 0.2) is 0 Å². The van der Waals surface area contributed by atoms with Crippen LogP contribution in [0.1, 0.15) is 39.4 Å². The molecule has 0 spiro atoms. The minimum atomic E-state index is -0.442. The molecule has 0 saturated carbocycles. The van der Waals surface area contributed by atoms with E-state index < -0.39 is 5.54 Å². The van der Waals surface area contributed by atoms with E-state index in [0.717, 1.165) is 38.2 Å². The van der Waals surface area contributed by atoms with Crippen molar-refractivity contribution < 1.29 is 0 Å². The molecule has 0 saturated heterocycles. The maximum absolute atomic E-state index is 9.18. The Morgan fingerprint density at radius 3 is 2.88 bits per heavy atom. The molecule has 0 aliphatic rings. The molecular weight excluding hydrogens is 212 g/mol. The van der Waals surface area contributed by atoms with Crippen LogP contribution >= 0.6 is 0 Å². The van der Waals surface area contributed by atoms with Crippen LogP contribution in [0.25, 0.3) is 0 Å². The average Bonchev–Trinajstić information content (AvgIpc) is 2.75. The monoisotopic (exact) mass is 234 g/mol. The third kappa shape index (κ3) is 3.86. The van der Waals surface area contributed by atoms with Gasteiger partial charge in [0.05, 0.1) is 6.07 Å². The number of aryl methyl sites for hydroxylation is 2. The minimum absolute atomic E-state index is 0.442. The van der Waals surface area contributed by atoms with Gasteiger partial charge in [-0.05, 0) is 26.3 Å². The second kappa shape index (κ2) is 6.41. The highest BCUT2D eigenvalue weighted by Crippen LogP contribution is 2.11. The fourth-order valence-corrected chi connectivity index (χ4v) is 1.91. The number of nitriles is 1. The van der Waals surface area contributed by atoms with Crippen LogP contribution in [0.3, 0.4) is 0 Å². The summed E-state index contributed by atoms with van der Waals surface area (Å²) in [5.41, 5.74) is -0.442. The number of nitrogens with zero attached hydrogens (tertiary/aromatic N) is 3. The van der Waals surface area contributed by atoms with Gasteiger partial charge in [-0.2, -0.15) is 5.26 Å². The molecule has 4 heteroatoms. The molecule has 1 aromatic heterocycles. The smallest absolute Gasteiger partial charge is 0.108 e. The van der Waals surface area contributed by atoms with Gasteiger partial charge < -0.3 is 4.57 Å². The van der Waals surface area contributed by atoms with Gasteiger partial charge in [-0.3, -0.25) is 5.32 Å². The first kappa shape index (κ1) is 13.7. The van der Waals surface area contributed by atoms with Crippen LogP contribution in [-0.2, 0) is 13.0 Å². The third-order valence-corrected chi connectivity index (χ3v) is 2.94. The summed E-state index contributed by atoms with van der Waals surface area (Å²) in [6.45, 7) is 7.78. The number of aromatic nitrogens is 2. The van der Waals surface area contributed by atoms with Gasteiger partial charge in [0.2, 0.25) is 0 Å². The Morgan fingerprint density at radius 2 is 2.29 bits per heavy atom. The van der Waals surface area contributed by atoms with Crippen molar-refractivity contribution in [3.8, 4) is 6.07 Å². The molecule has 17 heavy (non-hydrogen) atoms. The predicted molar refractivity (Wildman–Crippen MR) is 68.5 cm³/mol.